The lowest BCUT2D eigenvalue weighted by molar-refractivity contribution is -0.114. The van der Waals surface area contributed by atoms with Crippen LogP contribution in [0, 0.1) is 5.92 Å². The highest BCUT2D eigenvalue weighted by Gasteiger charge is 1.99. The van der Waals surface area contributed by atoms with Crippen LogP contribution in [0.15, 0.2) is 12.3 Å². The Morgan fingerprint density at radius 2 is 1.87 bits per heavy atom. The average Bonchev–Trinajstić information content (AvgIpc) is 2.15. The van der Waals surface area contributed by atoms with Crippen molar-refractivity contribution in [2.45, 2.75) is 46.0 Å². The number of nitrogens with two attached hydrogens (primary N) is 1. The van der Waals surface area contributed by atoms with Gasteiger partial charge in [-0.15, -0.1) is 0 Å². The highest BCUT2D eigenvalue weighted by atomic mass is 16.1. The Balaban J connectivity index is 3.18. The summed E-state index contributed by atoms with van der Waals surface area (Å²) in [4.78, 5) is 10.6. The first kappa shape index (κ1) is 14.0. The second-order valence-corrected chi connectivity index (χ2v) is 4.37. The van der Waals surface area contributed by atoms with E-state index in [1.54, 1.807) is 0 Å². The third-order valence-electron chi connectivity index (χ3n) is 2.34. The zero-order chi connectivity index (χ0) is 11.7. The first-order valence-electron chi connectivity index (χ1n) is 5.76. The summed E-state index contributed by atoms with van der Waals surface area (Å²) in [5, 5.41) is 2.91. The molecular weight excluding hydrogens is 188 g/mol. The van der Waals surface area contributed by atoms with Crippen LogP contribution in [0.5, 0.6) is 0 Å². The predicted molar refractivity (Wildman–Crippen MR) is 64.3 cm³/mol. The molecule has 0 aromatic carbocycles. The smallest absolute Gasteiger partial charge is 0.264 e. The molecule has 88 valence electrons. The van der Waals surface area contributed by atoms with E-state index in [1.807, 2.05) is 0 Å². The van der Waals surface area contributed by atoms with Gasteiger partial charge in [-0.3, -0.25) is 4.79 Å². The van der Waals surface area contributed by atoms with Crippen LogP contribution in [-0.2, 0) is 4.79 Å². The van der Waals surface area contributed by atoms with E-state index in [2.05, 4.69) is 25.7 Å². The van der Waals surface area contributed by atoms with E-state index in [4.69, 9.17) is 5.73 Å². The maximum Gasteiger partial charge on any atom is 0.264 e. The number of rotatable bonds is 9. The van der Waals surface area contributed by atoms with Gasteiger partial charge >= 0.3 is 0 Å². The highest BCUT2D eigenvalue weighted by molar-refractivity contribution is 5.90. The van der Waals surface area contributed by atoms with E-state index in [0.717, 1.165) is 18.9 Å². The van der Waals surface area contributed by atoms with E-state index in [-0.39, 0.29) is 0 Å². The van der Waals surface area contributed by atoms with Crippen LogP contribution in [0.2, 0.25) is 0 Å². The minimum Gasteiger partial charge on any atom is -0.381 e. The Labute approximate surface area is 93.1 Å². The summed E-state index contributed by atoms with van der Waals surface area (Å²) in [5.41, 5.74) is 5.35. The normalized spacial score (nSPS) is 10.3. The minimum atomic E-state index is -0.463. The Kier molecular flexibility index (Phi) is 7.78. The van der Waals surface area contributed by atoms with Crippen molar-refractivity contribution in [3.05, 3.63) is 12.3 Å². The molecule has 3 heteroatoms. The molecule has 0 radical (unpaired) electrons. The zero-order valence-corrected chi connectivity index (χ0v) is 10.0. The molecule has 1 amide bonds. The van der Waals surface area contributed by atoms with Gasteiger partial charge in [0.25, 0.3) is 5.91 Å². The molecule has 0 aliphatic heterocycles. The molecule has 0 atom stereocenters. The third kappa shape index (κ3) is 9.32. The molecule has 0 aliphatic rings. The fraction of sp³-hybridized carbons (Fsp3) is 0.750. The van der Waals surface area contributed by atoms with E-state index < -0.39 is 5.91 Å². The van der Waals surface area contributed by atoms with Crippen LogP contribution in [-0.4, -0.2) is 12.5 Å². The molecule has 3 nitrogen and oxygen atoms in total. The lowest BCUT2D eigenvalue weighted by Gasteiger charge is -2.06. The van der Waals surface area contributed by atoms with Crippen LogP contribution in [0.4, 0.5) is 0 Å². The van der Waals surface area contributed by atoms with Gasteiger partial charge < -0.3 is 11.1 Å². The van der Waals surface area contributed by atoms with Crippen molar-refractivity contribution in [1.82, 2.24) is 5.32 Å². The summed E-state index contributed by atoms with van der Waals surface area (Å²) >= 11 is 0. The summed E-state index contributed by atoms with van der Waals surface area (Å²) in [6.45, 7) is 8.82. The molecule has 0 aliphatic carbocycles. The van der Waals surface area contributed by atoms with Crippen molar-refractivity contribution in [2.75, 3.05) is 6.54 Å². The Morgan fingerprint density at radius 3 is 2.40 bits per heavy atom. The van der Waals surface area contributed by atoms with Gasteiger partial charge in [0, 0.05) is 6.54 Å². The maximum atomic E-state index is 10.6. The van der Waals surface area contributed by atoms with Gasteiger partial charge in [0.15, 0.2) is 0 Å². The SMILES string of the molecule is C=C(NCCCCCCC(C)C)C(N)=O. The number of carbonyl (C=O) groups is 1. The lowest BCUT2D eigenvalue weighted by atomic mass is 10.0. The van der Waals surface area contributed by atoms with Crippen LogP contribution in [0.25, 0.3) is 0 Å². The molecular formula is C12H24N2O. The van der Waals surface area contributed by atoms with E-state index in [0.29, 0.717) is 5.70 Å². The molecule has 15 heavy (non-hydrogen) atoms. The largest absolute Gasteiger partial charge is 0.381 e. The van der Waals surface area contributed by atoms with Crippen LogP contribution < -0.4 is 11.1 Å². The summed E-state index contributed by atoms with van der Waals surface area (Å²) in [5.74, 6) is 0.340. The molecule has 0 heterocycles. The summed E-state index contributed by atoms with van der Waals surface area (Å²) in [6, 6.07) is 0. The molecule has 0 aromatic heterocycles. The van der Waals surface area contributed by atoms with Gasteiger partial charge in [-0.1, -0.05) is 46.1 Å². The Hall–Kier alpha value is -0.990. The Bertz CT molecular complexity index is 200. The van der Waals surface area contributed by atoms with Gasteiger partial charge in [0.2, 0.25) is 0 Å². The first-order chi connectivity index (χ1) is 7.04. The predicted octanol–water partition coefficient (Wildman–Crippen LogP) is 2.18. The Morgan fingerprint density at radius 1 is 1.27 bits per heavy atom. The second-order valence-electron chi connectivity index (χ2n) is 4.37. The van der Waals surface area contributed by atoms with Crippen molar-refractivity contribution in [1.29, 1.82) is 0 Å². The monoisotopic (exact) mass is 212 g/mol. The third-order valence-corrected chi connectivity index (χ3v) is 2.34. The number of hydrogen-bond acceptors (Lipinski definition) is 2. The van der Waals surface area contributed by atoms with Gasteiger partial charge in [-0.25, -0.2) is 0 Å². The van der Waals surface area contributed by atoms with Crippen molar-refractivity contribution in [3.63, 3.8) is 0 Å². The number of primary amides is 1. The van der Waals surface area contributed by atoms with Crippen molar-refractivity contribution < 1.29 is 4.79 Å². The topological polar surface area (TPSA) is 55.1 Å². The first-order valence-corrected chi connectivity index (χ1v) is 5.76. The molecule has 0 spiro atoms. The van der Waals surface area contributed by atoms with Crippen molar-refractivity contribution in [2.24, 2.45) is 11.7 Å². The van der Waals surface area contributed by atoms with Gasteiger partial charge in [-0.2, -0.15) is 0 Å². The van der Waals surface area contributed by atoms with E-state index in [9.17, 15) is 4.79 Å². The van der Waals surface area contributed by atoms with Crippen molar-refractivity contribution >= 4 is 5.91 Å². The minimum absolute atomic E-state index is 0.317. The van der Waals surface area contributed by atoms with E-state index >= 15 is 0 Å². The summed E-state index contributed by atoms with van der Waals surface area (Å²) in [7, 11) is 0. The number of nitrogens with one attached hydrogen (secondary N) is 1. The molecule has 0 fully saturated rings. The van der Waals surface area contributed by atoms with Gasteiger partial charge in [0.05, 0.1) is 5.70 Å². The molecule has 0 saturated carbocycles. The average molecular weight is 212 g/mol. The zero-order valence-electron chi connectivity index (χ0n) is 10.0. The van der Waals surface area contributed by atoms with Gasteiger partial charge in [-0.05, 0) is 12.3 Å². The van der Waals surface area contributed by atoms with E-state index in [1.165, 1.54) is 25.7 Å². The van der Waals surface area contributed by atoms with Gasteiger partial charge in [0.1, 0.15) is 0 Å². The standard InChI is InChI=1S/C12H24N2O/c1-10(2)8-6-4-5-7-9-14-11(3)12(13)15/h10,14H,3-9H2,1-2H3,(H2,13,15). The summed E-state index contributed by atoms with van der Waals surface area (Å²) < 4.78 is 0. The molecule has 0 unspecified atom stereocenters. The number of carbonyl (C=O) groups excluding carboxylic acids is 1. The van der Waals surface area contributed by atoms with Crippen LogP contribution in [0.3, 0.4) is 0 Å². The summed E-state index contributed by atoms with van der Waals surface area (Å²) in [6.07, 6.45) is 6.15. The highest BCUT2D eigenvalue weighted by Crippen LogP contribution is 2.08. The molecule has 0 rings (SSSR count). The number of amides is 1. The second kappa shape index (κ2) is 8.33. The van der Waals surface area contributed by atoms with Crippen LogP contribution >= 0.6 is 0 Å². The number of unbranched alkanes of at least 4 members (excludes halogenated alkanes) is 3. The maximum absolute atomic E-state index is 10.6. The quantitative estimate of drug-likeness (QED) is 0.454. The fourth-order valence-corrected chi connectivity index (χ4v) is 1.36. The van der Waals surface area contributed by atoms with Crippen molar-refractivity contribution in [3.8, 4) is 0 Å². The fourth-order valence-electron chi connectivity index (χ4n) is 1.36. The van der Waals surface area contributed by atoms with Crippen LogP contribution in [0.1, 0.15) is 46.0 Å². The molecule has 0 saturated heterocycles. The molecule has 0 aromatic rings. The lowest BCUT2D eigenvalue weighted by Crippen LogP contribution is -2.25. The number of hydrogen-bond donors (Lipinski definition) is 2. The molecule has 0 bridgehead atoms. The molecule has 3 N–H and O–H groups in total.